The maximum Gasteiger partial charge on any atom is 0.0455 e. The van der Waals surface area contributed by atoms with Crippen molar-refractivity contribution in [3.8, 4) is 0 Å². The first kappa shape index (κ1) is 10.4. The molecule has 0 atom stereocenters. The number of benzene rings is 1. The SMILES string of the molecule is CCCN(C)c1ccc(C)c(Cl)c1. The Hall–Kier alpha value is -0.690. The molecule has 0 N–H and O–H groups in total. The van der Waals surface area contributed by atoms with E-state index >= 15 is 0 Å². The molecule has 0 aliphatic carbocycles. The van der Waals surface area contributed by atoms with Gasteiger partial charge in [0.05, 0.1) is 0 Å². The molecule has 0 aliphatic heterocycles. The van der Waals surface area contributed by atoms with Gasteiger partial charge in [0.2, 0.25) is 0 Å². The van der Waals surface area contributed by atoms with Crippen LogP contribution in [0.25, 0.3) is 0 Å². The quantitative estimate of drug-likeness (QED) is 0.717. The molecule has 2 heteroatoms. The van der Waals surface area contributed by atoms with Crippen LogP contribution in [0.3, 0.4) is 0 Å². The summed E-state index contributed by atoms with van der Waals surface area (Å²) in [7, 11) is 2.09. The second-order valence-corrected chi connectivity index (χ2v) is 3.76. The van der Waals surface area contributed by atoms with Crippen LogP contribution in [0.1, 0.15) is 18.9 Å². The summed E-state index contributed by atoms with van der Waals surface area (Å²) in [4.78, 5) is 2.21. The van der Waals surface area contributed by atoms with Gasteiger partial charge < -0.3 is 4.90 Å². The molecule has 0 unspecified atom stereocenters. The minimum absolute atomic E-state index is 0.848. The van der Waals surface area contributed by atoms with Crippen LogP contribution in [-0.2, 0) is 0 Å². The van der Waals surface area contributed by atoms with Gasteiger partial charge in [0.1, 0.15) is 0 Å². The summed E-state index contributed by atoms with van der Waals surface area (Å²) in [6, 6.07) is 6.19. The number of halogens is 1. The lowest BCUT2D eigenvalue weighted by Crippen LogP contribution is -2.17. The number of rotatable bonds is 3. The minimum Gasteiger partial charge on any atom is -0.375 e. The Bertz CT molecular complexity index is 283. The zero-order chi connectivity index (χ0) is 9.84. The summed E-state index contributed by atoms with van der Waals surface area (Å²) in [6.45, 7) is 5.26. The van der Waals surface area contributed by atoms with E-state index in [1.165, 1.54) is 5.69 Å². The predicted octanol–water partition coefficient (Wildman–Crippen LogP) is 3.49. The molecule has 0 saturated heterocycles. The molecule has 1 aromatic rings. The molecule has 1 rings (SSSR count). The molecule has 0 radical (unpaired) electrons. The van der Waals surface area contributed by atoms with Crippen molar-refractivity contribution in [2.24, 2.45) is 0 Å². The molecule has 0 aliphatic rings. The highest BCUT2D eigenvalue weighted by Gasteiger charge is 2.01. The van der Waals surface area contributed by atoms with Gasteiger partial charge in [-0.1, -0.05) is 24.6 Å². The van der Waals surface area contributed by atoms with Gasteiger partial charge >= 0.3 is 0 Å². The summed E-state index contributed by atoms with van der Waals surface area (Å²) in [6.07, 6.45) is 1.15. The van der Waals surface area contributed by atoms with Crippen LogP contribution < -0.4 is 4.90 Å². The van der Waals surface area contributed by atoms with Crippen molar-refractivity contribution in [3.63, 3.8) is 0 Å². The van der Waals surface area contributed by atoms with Gasteiger partial charge in [-0.15, -0.1) is 0 Å². The van der Waals surface area contributed by atoms with Crippen molar-refractivity contribution in [2.75, 3.05) is 18.5 Å². The molecule has 0 spiro atoms. The topological polar surface area (TPSA) is 3.24 Å². The molecule has 0 amide bonds. The third-order valence-corrected chi connectivity index (χ3v) is 2.56. The standard InChI is InChI=1S/C11H16ClN/c1-4-7-13(3)10-6-5-9(2)11(12)8-10/h5-6,8H,4,7H2,1-3H3. The van der Waals surface area contributed by atoms with Gasteiger partial charge in [-0.05, 0) is 31.0 Å². The fourth-order valence-corrected chi connectivity index (χ4v) is 1.46. The largest absolute Gasteiger partial charge is 0.375 e. The molecule has 0 bridgehead atoms. The zero-order valence-electron chi connectivity index (χ0n) is 8.47. The number of hydrogen-bond acceptors (Lipinski definition) is 1. The molecule has 13 heavy (non-hydrogen) atoms. The lowest BCUT2D eigenvalue weighted by molar-refractivity contribution is 0.852. The van der Waals surface area contributed by atoms with E-state index in [-0.39, 0.29) is 0 Å². The van der Waals surface area contributed by atoms with Gasteiger partial charge in [-0.25, -0.2) is 0 Å². The zero-order valence-corrected chi connectivity index (χ0v) is 9.23. The van der Waals surface area contributed by atoms with Crippen molar-refractivity contribution < 1.29 is 0 Å². The second kappa shape index (κ2) is 4.52. The van der Waals surface area contributed by atoms with E-state index in [1.807, 2.05) is 13.0 Å². The van der Waals surface area contributed by atoms with Crippen LogP contribution in [0, 0.1) is 6.92 Å². The average molecular weight is 198 g/mol. The Morgan fingerprint density at radius 3 is 2.62 bits per heavy atom. The monoisotopic (exact) mass is 197 g/mol. The normalized spacial score (nSPS) is 10.2. The highest BCUT2D eigenvalue weighted by molar-refractivity contribution is 6.31. The van der Waals surface area contributed by atoms with Crippen LogP contribution >= 0.6 is 11.6 Å². The molecule has 0 fully saturated rings. The van der Waals surface area contributed by atoms with Crippen LogP contribution in [0.5, 0.6) is 0 Å². The van der Waals surface area contributed by atoms with Crippen LogP contribution in [0.4, 0.5) is 5.69 Å². The fourth-order valence-electron chi connectivity index (χ4n) is 1.28. The van der Waals surface area contributed by atoms with E-state index in [4.69, 9.17) is 11.6 Å². The third-order valence-electron chi connectivity index (χ3n) is 2.16. The average Bonchev–Trinajstić information content (AvgIpc) is 2.10. The number of nitrogens with zero attached hydrogens (tertiary/aromatic N) is 1. The van der Waals surface area contributed by atoms with Crippen molar-refractivity contribution in [2.45, 2.75) is 20.3 Å². The van der Waals surface area contributed by atoms with Crippen LogP contribution in [-0.4, -0.2) is 13.6 Å². The molecule has 1 nitrogen and oxygen atoms in total. The van der Waals surface area contributed by atoms with E-state index in [0.717, 1.165) is 23.6 Å². The van der Waals surface area contributed by atoms with E-state index in [2.05, 4.69) is 31.0 Å². The first-order valence-electron chi connectivity index (χ1n) is 4.62. The Morgan fingerprint density at radius 1 is 1.38 bits per heavy atom. The first-order chi connectivity index (χ1) is 6.15. The lowest BCUT2D eigenvalue weighted by Gasteiger charge is -2.18. The first-order valence-corrected chi connectivity index (χ1v) is 5.00. The minimum atomic E-state index is 0.848. The summed E-state index contributed by atoms with van der Waals surface area (Å²) in [5.74, 6) is 0. The molecule has 0 heterocycles. The Morgan fingerprint density at radius 2 is 2.08 bits per heavy atom. The summed E-state index contributed by atoms with van der Waals surface area (Å²) < 4.78 is 0. The fraction of sp³-hybridized carbons (Fsp3) is 0.455. The van der Waals surface area contributed by atoms with Crippen LogP contribution in [0.2, 0.25) is 5.02 Å². The Labute approximate surface area is 85.3 Å². The maximum absolute atomic E-state index is 6.03. The number of aryl methyl sites for hydroxylation is 1. The molecular formula is C11H16ClN. The van der Waals surface area contributed by atoms with Crippen molar-refractivity contribution in [1.82, 2.24) is 0 Å². The van der Waals surface area contributed by atoms with Crippen molar-refractivity contribution in [3.05, 3.63) is 28.8 Å². The predicted molar refractivity (Wildman–Crippen MR) is 59.8 cm³/mol. The molecular weight excluding hydrogens is 182 g/mol. The Balaban J connectivity index is 2.84. The smallest absolute Gasteiger partial charge is 0.0455 e. The molecule has 72 valence electrons. The van der Waals surface area contributed by atoms with E-state index in [9.17, 15) is 0 Å². The van der Waals surface area contributed by atoms with Gasteiger partial charge in [-0.2, -0.15) is 0 Å². The lowest BCUT2D eigenvalue weighted by atomic mass is 10.2. The molecule has 0 aromatic heterocycles. The van der Waals surface area contributed by atoms with E-state index < -0.39 is 0 Å². The molecule has 0 saturated carbocycles. The summed E-state index contributed by atoms with van der Waals surface area (Å²) >= 11 is 6.03. The van der Waals surface area contributed by atoms with Gasteiger partial charge in [0.25, 0.3) is 0 Å². The van der Waals surface area contributed by atoms with Crippen molar-refractivity contribution in [1.29, 1.82) is 0 Å². The second-order valence-electron chi connectivity index (χ2n) is 3.36. The number of anilines is 1. The highest BCUT2D eigenvalue weighted by atomic mass is 35.5. The van der Waals surface area contributed by atoms with Gasteiger partial charge in [0.15, 0.2) is 0 Å². The molecule has 1 aromatic carbocycles. The van der Waals surface area contributed by atoms with E-state index in [1.54, 1.807) is 0 Å². The van der Waals surface area contributed by atoms with Gasteiger partial charge in [-0.3, -0.25) is 0 Å². The van der Waals surface area contributed by atoms with Gasteiger partial charge in [0, 0.05) is 24.3 Å². The summed E-state index contributed by atoms with van der Waals surface area (Å²) in [5.41, 5.74) is 2.33. The summed E-state index contributed by atoms with van der Waals surface area (Å²) in [5, 5.41) is 0.848. The highest BCUT2D eigenvalue weighted by Crippen LogP contribution is 2.22. The van der Waals surface area contributed by atoms with Crippen molar-refractivity contribution >= 4 is 17.3 Å². The third kappa shape index (κ3) is 2.63. The number of hydrogen-bond donors (Lipinski definition) is 0. The Kier molecular flexibility index (Phi) is 3.61. The van der Waals surface area contributed by atoms with E-state index in [0.29, 0.717) is 0 Å². The maximum atomic E-state index is 6.03. The van der Waals surface area contributed by atoms with Crippen LogP contribution in [0.15, 0.2) is 18.2 Å².